The molecule has 3 aromatic rings. The second kappa shape index (κ2) is 29.0. The van der Waals surface area contributed by atoms with Crippen molar-refractivity contribution in [2.45, 2.75) is 173 Å². The van der Waals surface area contributed by atoms with Gasteiger partial charge in [0, 0.05) is 67.3 Å². The molecule has 3 aliphatic rings. The van der Waals surface area contributed by atoms with Gasteiger partial charge in [0.05, 0.1) is 41.7 Å². The molecule has 24 nitrogen and oxygen atoms in total. The number of ether oxygens (including phenoxy) is 2. The van der Waals surface area contributed by atoms with Crippen LogP contribution in [0, 0.1) is 18.7 Å². The zero-order valence-electron chi connectivity index (χ0n) is 47.8. The Morgan fingerprint density at radius 1 is 0.843 bits per heavy atom. The topological polar surface area (TPSA) is 358 Å². The third-order valence-corrected chi connectivity index (χ3v) is 15.6. The number of fused-ring (bicyclic) bond motifs is 5. The Morgan fingerprint density at radius 2 is 1.54 bits per heavy atom. The summed E-state index contributed by atoms with van der Waals surface area (Å²) >= 11 is 0. The fraction of sp³-hybridized carbons (Fsp3) is 0.569. The molecule has 7 amide bonds. The molecule has 0 radical (unpaired) electrons. The zero-order chi connectivity index (χ0) is 61.0. The minimum absolute atomic E-state index is 0.0164. The number of hydrogen-bond donors (Lipinski definition) is 11. The lowest BCUT2D eigenvalue weighted by Crippen LogP contribution is -2.58. The maximum Gasteiger partial charge on any atom is 0.258 e. The van der Waals surface area contributed by atoms with Gasteiger partial charge in [-0.3, -0.25) is 43.3 Å². The van der Waals surface area contributed by atoms with Crippen LogP contribution in [0.3, 0.4) is 0 Å². The highest BCUT2D eigenvalue weighted by molar-refractivity contribution is 6.12. The Morgan fingerprint density at radius 3 is 2.20 bits per heavy atom. The van der Waals surface area contributed by atoms with Crippen LogP contribution in [0.5, 0.6) is 0 Å². The molecule has 1 aromatic carbocycles. The summed E-state index contributed by atoms with van der Waals surface area (Å²) in [5, 5.41) is 74.0. The van der Waals surface area contributed by atoms with Crippen LogP contribution >= 0.6 is 0 Å². The van der Waals surface area contributed by atoms with Crippen molar-refractivity contribution in [1.29, 1.82) is 0 Å². The lowest BCUT2D eigenvalue weighted by Gasteiger charge is -2.35. The van der Waals surface area contributed by atoms with Gasteiger partial charge >= 0.3 is 0 Å². The zero-order valence-corrected chi connectivity index (χ0v) is 47.8. The first-order valence-electron chi connectivity index (χ1n) is 28.2. The number of rotatable bonds is 31. The number of hydrogen-bond acceptors (Lipinski definition) is 17. The number of aromatic nitrogens is 2. The predicted molar refractivity (Wildman–Crippen MR) is 299 cm³/mol. The molecule has 8 atom stereocenters. The van der Waals surface area contributed by atoms with Gasteiger partial charge in [-0.15, -0.1) is 0 Å². The summed E-state index contributed by atoms with van der Waals surface area (Å²) in [4.78, 5) is 110. The van der Waals surface area contributed by atoms with Crippen molar-refractivity contribution in [3.05, 3.63) is 86.2 Å². The summed E-state index contributed by atoms with van der Waals surface area (Å²) in [6.45, 7) is 13.0. The SMILES string of the molecule is C=C1OCc2c(cc3n(c2=O)Cc2c-3nc3cc(F)c(C)c(CCCCOCNC(=O)[C@H](C)NC(=O)[C@@H](NC(=O)[C@H](CCC(=O)NC[C@H](O)[C@@H](O)[C@H](O)[C@H](O)CO)NC(=O)CCCCCN4C(=O)C=CC4=O)C(C)C)c3c2CC)[C@@]1(O)CC. The monoisotopic (exact) mass is 1160 g/mol. The minimum atomic E-state index is -1.95. The Labute approximate surface area is 479 Å². The summed E-state index contributed by atoms with van der Waals surface area (Å²) in [6, 6.07) is -0.526. The van der Waals surface area contributed by atoms with E-state index in [1.54, 1.807) is 38.3 Å². The predicted octanol–water partition coefficient (Wildman–Crippen LogP) is 0.438. The standard InChI is InChI=1S/C58H79FN8O16/c1-8-34-36-26-67-42(23-38-37(57(67)80)28-83-33(7)58(38,81)9-2)51(36)64-41-24-39(59)31(5)35(49(34)41)15-12-14-22-82-29-61-54(77)32(6)62-56(79)50(30(3)4)65-55(78)40(17-18-45(71)60-25-43(69)52(75)53(76)44(70)27-68)63-46(72)16-11-10-13-21-66-47(73)19-20-48(66)74/h19-20,23-24,30,32,40,43-44,50,52-53,68-70,75-76,81H,7-18,21-22,25-29H2,1-6H3,(H,60,71)(H,61,77)(H,62,79)(H,63,72)(H,65,78)/t32-,40-,43-,44+,50-,52+,53+,58+/m0/s1. The second-order valence-electron chi connectivity index (χ2n) is 21.6. The van der Waals surface area contributed by atoms with Gasteiger partial charge in [-0.2, -0.15) is 0 Å². The number of halogens is 1. The van der Waals surface area contributed by atoms with Crippen LogP contribution in [0.4, 0.5) is 4.39 Å². The van der Waals surface area contributed by atoms with Crippen molar-refractivity contribution in [2.75, 3.05) is 33.0 Å². The van der Waals surface area contributed by atoms with Crippen LogP contribution < -0.4 is 32.1 Å². The molecule has 0 fully saturated rings. The van der Waals surface area contributed by atoms with Crippen molar-refractivity contribution >= 4 is 52.3 Å². The van der Waals surface area contributed by atoms with Crippen LogP contribution in [-0.4, -0.2) is 162 Å². The minimum Gasteiger partial charge on any atom is -0.490 e. The van der Waals surface area contributed by atoms with Gasteiger partial charge in [0.25, 0.3) is 17.4 Å². The molecule has 0 unspecified atom stereocenters. The van der Waals surface area contributed by atoms with Crippen molar-refractivity contribution in [2.24, 2.45) is 5.92 Å². The summed E-state index contributed by atoms with van der Waals surface area (Å²) < 4.78 is 28.7. The van der Waals surface area contributed by atoms with E-state index in [0.29, 0.717) is 78.5 Å². The van der Waals surface area contributed by atoms with Crippen molar-refractivity contribution in [1.82, 2.24) is 41.0 Å². The van der Waals surface area contributed by atoms with E-state index < -0.39 is 121 Å². The number of carbonyl (C=O) groups is 7. The smallest absolute Gasteiger partial charge is 0.258 e. The average Bonchev–Trinajstić information content (AvgIpc) is 2.80. The van der Waals surface area contributed by atoms with E-state index in [0.717, 1.165) is 27.0 Å². The van der Waals surface area contributed by atoms with Gasteiger partial charge < -0.3 is 71.3 Å². The first-order chi connectivity index (χ1) is 39.4. The fourth-order valence-corrected chi connectivity index (χ4v) is 10.5. The van der Waals surface area contributed by atoms with E-state index in [2.05, 4.69) is 33.2 Å². The lowest BCUT2D eigenvalue weighted by molar-refractivity contribution is -0.137. The number of unbranched alkanes of at least 4 members (excludes halogenated alkanes) is 3. The number of aliphatic hydroxyl groups is 6. The van der Waals surface area contributed by atoms with Crippen LogP contribution in [0.2, 0.25) is 0 Å². The number of amides is 7. The van der Waals surface area contributed by atoms with Crippen LogP contribution in [0.15, 0.2) is 41.4 Å². The first kappa shape index (κ1) is 65.2. The maximum absolute atomic E-state index is 15.7. The molecular weight excluding hydrogens is 1080 g/mol. The highest BCUT2D eigenvalue weighted by atomic mass is 19.1. The molecule has 83 heavy (non-hydrogen) atoms. The third kappa shape index (κ3) is 15.2. The van der Waals surface area contributed by atoms with Gasteiger partial charge in [-0.05, 0) is 93.9 Å². The van der Waals surface area contributed by atoms with Crippen LogP contribution in [0.25, 0.3) is 22.3 Å². The highest BCUT2D eigenvalue weighted by Gasteiger charge is 2.42. The highest BCUT2D eigenvalue weighted by Crippen LogP contribution is 2.44. The number of benzene rings is 1. The molecule has 0 saturated heterocycles. The molecular formula is C58H79FN8O16. The van der Waals surface area contributed by atoms with E-state index in [1.807, 2.05) is 6.92 Å². The number of pyridine rings is 2. The Balaban J connectivity index is 1.00. The summed E-state index contributed by atoms with van der Waals surface area (Å²) in [5.74, 6) is -5.18. The second-order valence-corrected chi connectivity index (χ2v) is 21.6. The Kier molecular flexibility index (Phi) is 22.8. The number of nitrogens with zero attached hydrogens (tertiary/aromatic N) is 3. The van der Waals surface area contributed by atoms with Crippen molar-refractivity contribution in [3.63, 3.8) is 0 Å². The molecule has 5 heterocycles. The molecule has 6 rings (SSSR count). The van der Waals surface area contributed by atoms with E-state index in [1.165, 1.54) is 25.1 Å². The fourth-order valence-electron chi connectivity index (χ4n) is 10.5. The Hall–Kier alpha value is -7.00. The van der Waals surface area contributed by atoms with Gasteiger partial charge in [0.1, 0.15) is 67.0 Å². The van der Waals surface area contributed by atoms with Gasteiger partial charge in [0.15, 0.2) is 0 Å². The number of imide groups is 1. The molecule has 0 bridgehead atoms. The number of aryl methyl sites for hydroxylation is 2. The average molecular weight is 1160 g/mol. The normalized spacial score (nSPS) is 17.9. The lowest BCUT2D eigenvalue weighted by atomic mass is 9.84. The van der Waals surface area contributed by atoms with Gasteiger partial charge in [-0.1, -0.05) is 40.7 Å². The quantitative estimate of drug-likeness (QED) is 0.0185. The molecule has 454 valence electrons. The number of nitrogens with one attached hydrogen (secondary N) is 5. The van der Waals surface area contributed by atoms with E-state index in [-0.39, 0.29) is 63.6 Å². The van der Waals surface area contributed by atoms with E-state index in [4.69, 9.17) is 19.6 Å². The first-order valence-corrected chi connectivity index (χ1v) is 28.2. The van der Waals surface area contributed by atoms with Crippen LogP contribution in [-0.2, 0) is 74.6 Å². The summed E-state index contributed by atoms with van der Waals surface area (Å²) in [6.07, 6.45) is -2.31. The third-order valence-electron chi connectivity index (χ3n) is 15.6. The largest absolute Gasteiger partial charge is 0.490 e. The maximum atomic E-state index is 15.7. The molecule has 3 aliphatic heterocycles. The summed E-state index contributed by atoms with van der Waals surface area (Å²) in [7, 11) is 0. The molecule has 0 spiro atoms. The molecule has 0 saturated carbocycles. The molecule has 2 aromatic heterocycles. The van der Waals surface area contributed by atoms with E-state index >= 15 is 4.39 Å². The molecule has 11 N–H and O–H groups in total. The molecule has 0 aliphatic carbocycles. The number of carbonyl (C=O) groups excluding carboxylic acids is 7. The van der Waals surface area contributed by atoms with Gasteiger partial charge in [-0.25, -0.2) is 9.37 Å². The van der Waals surface area contributed by atoms with E-state index in [9.17, 15) is 63.9 Å². The van der Waals surface area contributed by atoms with Crippen molar-refractivity contribution < 1.29 is 78.1 Å². The van der Waals surface area contributed by atoms with Crippen LogP contribution in [0.1, 0.15) is 126 Å². The summed E-state index contributed by atoms with van der Waals surface area (Å²) in [5.41, 5.74) is 3.58. The Bertz CT molecular complexity index is 3020. The van der Waals surface area contributed by atoms with Gasteiger partial charge in [0.2, 0.25) is 29.5 Å². The van der Waals surface area contributed by atoms with Crippen molar-refractivity contribution in [3.8, 4) is 11.4 Å². The number of aliphatic hydroxyl groups excluding tert-OH is 5. The molecule has 25 heteroatoms.